The van der Waals surface area contributed by atoms with Crippen LogP contribution in [-0.4, -0.2) is 34.9 Å². The second kappa shape index (κ2) is 4.56. The molecule has 1 saturated heterocycles. The highest BCUT2D eigenvalue weighted by atomic mass is 32.1. The highest BCUT2D eigenvalue weighted by Crippen LogP contribution is 2.19. The molecule has 2 heterocycles. The first kappa shape index (κ1) is 11.0. The van der Waals surface area contributed by atoms with E-state index in [-0.39, 0.29) is 31.6 Å². The number of ether oxygens (including phenoxy) is 1. The Hall–Kier alpha value is -1.51. The number of nitrogens with one attached hydrogen (secondary N) is 1. The van der Waals surface area contributed by atoms with Crippen molar-refractivity contribution in [3.05, 3.63) is 11.1 Å². The molecule has 0 bridgehead atoms. The average Bonchev–Trinajstić information content (AvgIpc) is 2.71. The quantitative estimate of drug-likeness (QED) is 0.414. The lowest BCUT2D eigenvalue weighted by Crippen LogP contribution is -2.45. The monoisotopic (exact) mass is 242 g/mol. The van der Waals surface area contributed by atoms with E-state index in [2.05, 4.69) is 10.4 Å². The molecule has 16 heavy (non-hydrogen) atoms. The summed E-state index contributed by atoms with van der Waals surface area (Å²) in [5.74, 6) is 4.53. The van der Waals surface area contributed by atoms with Crippen molar-refractivity contribution in [1.29, 1.82) is 0 Å². The summed E-state index contributed by atoms with van der Waals surface area (Å²) in [4.78, 5) is 28.7. The minimum absolute atomic E-state index is 0.0491. The van der Waals surface area contributed by atoms with Crippen LogP contribution in [0.3, 0.4) is 0 Å². The Bertz CT molecular complexity index is 403. The number of amides is 2. The number of morpholine rings is 1. The third kappa shape index (κ3) is 2.18. The van der Waals surface area contributed by atoms with Crippen molar-refractivity contribution < 1.29 is 14.3 Å². The molecular formula is C8H10N4O3S. The van der Waals surface area contributed by atoms with Gasteiger partial charge in [-0.05, 0) is 0 Å². The van der Waals surface area contributed by atoms with Crippen LogP contribution in [0.2, 0.25) is 0 Å². The van der Waals surface area contributed by atoms with Crippen molar-refractivity contribution in [3.8, 4) is 0 Å². The molecule has 0 aromatic carbocycles. The summed E-state index contributed by atoms with van der Waals surface area (Å²) in [5.41, 5.74) is 2.40. The molecule has 0 unspecified atom stereocenters. The number of nitrogens with two attached hydrogens (primary N) is 1. The zero-order valence-corrected chi connectivity index (χ0v) is 9.12. The van der Waals surface area contributed by atoms with Gasteiger partial charge in [-0.25, -0.2) is 10.8 Å². The van der Waals surface area contributed by atoms with Crippen LogP contribution in [0.1, 0.15) is 4.88 Å². The molecule has 0 radical (unpaired) electrons. The maximum absolute atomic E-state index is 11.4. The van der Waals surface area contributed by atoms with E-state index in [4.69, 9.17) is 10.6 Å². The van der Waals surface area contributed by atoms with Gasteiger partial charge >= 0.3 is 0 Å². The van der Waals surface area contributed by atoms with Crippen LogP contribution in [0.4, 0.5) is 5.13 Å². The normalized spacial score (nSPS) is 16.7. The van der Waals surface area contributed by atoms with Gasteiger partial charge < -0.3 is 4.74 Å². The molecule has 0 spiro atoms. The smallest absolute Gasteiger partial charge is 0.255 e. The summed E-state index contributed by atoms with van der Waals surface area (Å²) in [7, 11) is 0. The number of nitrogens with zero attached hydrogens (tertiary/aromatic N) is 2. The van der Waals surface area contributed by atoms with E-state index in [1.54, 1.807) is 6.20 Å². The Balaban J connectivity index is 2.07. The van der Waals surface area contributed by atoms with Gasteiger partial charge in [0.25, 0.3) is 11.8 Å². The number of hydrazine groups is 1. The fourth-order valence-corrected chi connectivity index (χ4v) is 2.01. The van der Waals surface area contributed by atoms with Crippen molar-refractivity contribution in [2.45, 2.75) is 6.54 Å². The topological polar surface area (TPSA) is 97.6 Å². The standard InChI is InChI=1S/C8H10N4O3S/c9-11-8-10-1-5(16-8)2-12-6(13)3-15-4-7(12)14/h1H,2-4,9H2,(H,10,11). The van der Waals surface area contributed by atoms with Gasteiger partial charge in [0.2, 0.25) is 0 Å². The second-order valence-corrected chi connectivity index (χ2v) is 4.26. The number of hydrogen-bond donors (Lipinski definition) is 2. The van der Waals surface area contributed by atoms with Crippen LogP contribution in [0.5, 0.6) is 0 Å². The maximum atomic E-state index is 11.4. The van der Waals surface area contributed by atoms with Crippen LogP contribution in [0.25, 0.3) is 0 Å². The average molecular weight is 242 g/mol. The second-order valence-electron chi connectivity index (χ2n) is 3.14. The number of aromatic nitrogens is 1. The van der Waals surface area contributed by atoms with Gasteiger partial charge in [-0.15, -0.1) is 0 Å². The number of hydrogen-bond acceptors (Lipinski definition) is 7. The predicted molar refractivity (Wildman–Crippen MR) is 56.3 cm³/mol. The minimum Gasteiger partial charge on any atom is -0.362 e. The molecule has 1 fully saturated rings. The zero-order valence-electron chi connectivity index (χ0n) is 8.30. The molecule has 7 nitrogen and oxygen atoms in total. The number of anilines is 1. The molecular weight excluding hydrogens is 232 g/mol. The minimum atomic E-state index is -0.327. The van der Waals surface area contributed by atoms with Crippen LogP contribution < -0.4 is 11.3 Å². The van der Waals surface area contributed by atoms with Gasteiger partial charge in [0.1, 0.15) is 13.2 Å². The number of carbonyl (C=O) groups excluding carboxylic acids is 2. The lowest BCUT2D eigenvalue weighted by molar-refractivity contribution is -0.159. The van der Waals surface area contributed by atoms with Crippen LogP contribution in [-0.2, 0) is 20.9 Å². The summed E-state index contributed by atoms with van der Waals surface area (Å²) < 4.78 is 4.80. The van der Waals surface area contributed by atoms with E-state index in [0.29, 0.717) is 5.13 Å². The summed E-state index contributed by atoms with van der Waals surface area (Å²) in [5, 5.41) is 0.545. The zero-order chi connectivity index (χ0) is 11.5. The Morgan fingerprint density at radius 1 is 1.50 bits per heavy atom. The first-order chi connectivity index (χ1) is 7.70. The first-order valence-electron chi connectivity index (χ1n) is 4.53. The van der Waals surface area contributed by atoms with E-state index in [1.165, 1.54) is 11.3 Å². The molecule has 1 aliphatic rings. The van der Waals surface area contributed by atoms with Gasteiger partial charge in [0, 0.05) is 11.1 Å². The van der Waals surface area contributed by atoms with Crippen molar-refractivity contribution in [2.24, 2.45) is 5.84 Å². The van der Waals surface area contributed by atoms with Crippen LogP contribution in [0, 0.1) is 0 Å². The molecule has 8 heteroatoms. The summed E-state index contributed by atoms with van der Waals surface area (Å²) in [6, 6.07) is 0. The number of carbonyl (C=O) groups is 2. The van der Waals surface area contributed by atoms with Gasteiger partial charge in [0.15, 0.2) is 5.13 Å². The molecule has 1 aromatic rings. The van der Waals surface area contributed by atoms with Gasteiger partial charge in [-0.1, -0.05) is 11.3 Å². The highest BCUT2D eigenvalue weighted by molar-refractivity contribution is 7.15. The van der Waals surface area contributed by atoms with E-state index in [1.807, 2.05) is 0 Å². The SMILES string of the molecule is NNc1ncc(CN2C(=O)COCC2=O)s1. The largest absolute Gasteiger partial charge is 0.362 e. The van der Waals surface area contributed by atoms with Crippen LogP contribution in [0.15, 0.2) is 6.20 Å². The summed E-state index contributed by atoms with van der Waals surface area (Å²) in [6.45, 7) is 0.124. The fraction of sp³-hybridized carbons (Fsp3) is 0.375. The van der Waals surface area contributed by atoms with Gasteiger partial charge in [0.05, 0.1) is 6.54 Å². The van der Waals surface area contributed by atoms with Crippen molar-refractivity contribution in [1.82, 2.24) is 9.88 Å². The Morgan fingerprint density at radius 3 is 2.75 bits per heavy atom. The molecule has 1 aliphatic heterocycles. The third-order valence-corrected chi connectivity index (χ3v) is 2.96. The Kier molecular flexibility index (Phi) is 3.13. The van der Waals surface area contributed by atoms with Crippen molar-refractivity contribution in [3.63, 3.8) is 0 Å². The molecule has 0 aliphatic carbocycles. The molecule has 0 saturated carbocycles. The molecule has 86 valence electrons. The van der Waals surface area contributed by atoms with Crippen molar-refractivity contribution in [2.75, 3.05) is 18.6 Å². The summed E-state index contributed by atoms with van der Waals surface area (Å²) in [6.07, 6.45) is 1.58. The third-order valence-electron chi connectivity index (χ3n) is 2.04. The van der Waals surface area contributed by atoms with E-state index >= 15 is 0 Å². The number of imide groups is 1. The predicted octanol–water partition coefficient (Wildman–Crippen LogP) is -0.686. The van der Waals surface area contributed by atoms with E-state index < -0.39 is 0 Å². The van der Waals surface area contributed by atoms with E-state index in [9.17, 15) is 9.59 Å². The van der Waals surface area contributed by atoms with Gasteiger partial charge in [-0.3, -0.25) is 19.9 Å². The Morgan fingerprint density at radius 2 is 2.19 bits per heavy atom. The molecule has 3 N–H and O–H groups in total. The van der Waals surface area contributed by atoms with Crippen LogP contribution >= 0.6 is 11.3 Å². The summed E-state index contributed by atoms with van der Waals surface area (Å²) >= 11 is 1.30. The molecule has 1 aromatic heterocycles. The number of thiazole rings is 1. The molecule has 2 rings (SSSR count). The van der Waals surface area contributed by atoms with Crippen molar-refractivity contribution >= 4 is 28.3 Å². The highest BCUT2D eigenvalue weighted by Gasteiger charge is 2.27. The molecule has 0 atom stereocenters. The van der Waals surface area contributed by atoms with Gasteiger partial charge in [-0.2, -0.15) is 0 Å². The fourth-order valence-electron chi connectivity index (χ4n) is 1.30. The van der Waals surface area contributed by atoms with E-state index in [0.717, 1.165) is 9.78 Å². The number of rotatable bonds is 3. The molecule has 2 amide bonds. The maximum Gasteiger partial charge on any atom is 0.255 e. The Labute approximate surface area is 95.2 Å². The first-order valence-corrected chi connectivity index (χ1v) is 5.34. The lowest BCUT2D eigenvalue weighted by Gasteiger charge is -2.23. The number of nitrogen functional groups attached to an aromatic ring is 1. The lowest BCUT2D eigenvalue weighted by atomic mass is 10.3.